The molecule has 84 heavy (non-hydrogen) atoms. The zero-order valence-electron chi connectivity index (χ0n) is 49.9. The highest BCUT2D eigenvalue weighted by molar-refractivity contribution is 5.91. The molecule has 0 atom stereocenters. The van der Waals surface area contributed by atoms with Crippen LogP contribution in [-0.4, -0.2) is 66.5 Å². The highest BCUT2D eigenvalue weighted by Crippen LogP contribution is 2.37. The van der Waals surface area contributed by atoms with Crippen molar-refractivity contribution >= 4 is 72.3 Å². The molecule has 0 aliphatic carbocycles. The fraction of sp³-hybridized carbons (Fsp3) is 0.167. The topological polar surface area (TPSA) is 224 Å². The first-order chi connectivity index (χ1) is 40.5. The molecule has 438 valence electrons. The number of hydrogen-bond acceptors (Lipinski definition) is 6. The van der Waals surface area contributed by atoms with Crippen molar-refractivity contribution < 1.29 is 59.4 Å². The maximum Gasteiger partial charge on any atom is 0.328 e. The highest BCUT2D eigenvalue weighted by Gasteiger charge is 2.12. The van der Waals surface area contributed by atoms with Crippen LogP contribution in [0.3, 0.4) is 0 Å². The normalized spacial score (nSPS) is 10.4. The fourth-order valence-corrected chi connectivity index (χ4v) is 7.81. The molecule has 0 amide bonds. The van der Waals surface area contributed by atoms with E-state index in [2.05, 4.69) is 18.2 Å². The van der Waals surface area contributed by atoms with Crippen molar-refractivity contribution in [2.24, 2.45) is 0 Å². The summed E-state index contributed by atoms with van der Waals surface area (Å²) in [4.78, 5) is 67.9. The molecule has 0 aliphatic heterocycles. The Hall–Kier alpha value is -10.2. The van der Waals surface area contributed by atoms with Gasteiger partial charge in [-0.25, -0.2) is 28.8 Å². The van der Waals surface area contributed by atoms with Gasteiger partial charge in [-0.05, 0) is 209 Å². The van der Waals surface area contributed by atoms with Crippen LogP contribution in [-0.2, 0) is 28.8 Å². The monoisotopic (exact) mass is 1130 g/mol. The second-order valence-corrected chi connectivity index (χ2v) is 16.2. The van der Waals surface area contributed by atoms with Crippen molar-refractivity contribution in [2.75, 3.05) is 0 Å². The van der Waals surface area contributed by atoms with E-state index in [1.54, 1.807) is 18.2 Å². The molecule has 7 aromatic rings. The van der Waals surface area contributed by atoms with Crippen molar-refractivity contribution in [3.8, 4) is 66.8 Å². The molecular formula is C72H78O12. The van der Waals surface area contributed by atoms with E-state index in [1.807, 2.05) is 192 Å². The number of carbonyl (C=O) groups is 6. The van der Waals surface area contributed by atoms with Gasteiger partial charge in [-0.3, -0.25) is 0 Å². The van der Waals surface area contributed by atoms with Crippen molar-refractivity contribution in [3.05, 3.63) is 215 Å². The average Bonchev–Trinajstić information content (AvgIpc) is 3.67. The number of carboxylic acids is 6. The van der Waals surface area contributed by atoms with Crippen LogP contribution in [0.1, 0.15) is 116 Å². The molecule has 7 rings (SSSR count). The fourth-order valence-electron chi connectivity index (χ4n) is 7.81. The number of hydrogen-bond donors (Lipinski definition) is 6. The zero-order chi connectivity index (χ0) is 63.3. The van der Waals surface area contributed by atoms with E-state index in [0.717, 1.165) is 103 Å². The van der Waals surface area contributed by atoms with Gasteiger partial charge in [-0.2, -0.15) is 0 Å². The Morgan fingerprint density at radius 3 is 0.440 bits per heavy atom. The van der Waals surface area contributed by atoms with E-state index >= 15 is 0 Å². The summed E-state index contributed by atoms with van der Waals surface area (Å²) in [6.07, 6.45) is 14.7. The maximum atomic E-state index is 11.3. The minimum Gasteiger partial charge on any atom is -0.478 e. The molecule has 6 N–H and O–H groups in total. The third-order valence-corrected chi connectivity index (χ3v) is 11.0. The van der Waals surface area contributed by atoms with Gasteiger partial charge >= 0.3 is 35.8 Å². The van der Waals surface area contributed by atoms with Gasteiger partial charge in [0.15, 0.2) is 0 Å². The van der Waals surface area contributed by atoms with Crippen LogP contribution in [0.15, 0.2) is 182 Å². The molecule has 0 radical (unpaired) electrons. The largest absolute Gasteiger partial charge is 0.478 e. The Labute approximate surface area is 494 Å². The summed E-state index contributed by atoms with van der Waals surface area (Å²) in [6, 6.07) is 45.4. The smallest absolute Gasteiger partial charge is 0.328 e. The van der Waals surface area contributed by atoms with E-state index < -0.39 is 35.8 Å². The molecule has 12 heteroatoms. The minimum absolute atomic E-state index is 0.565. The van der Waals surface area contributed by atoms with E-state index in [0.29, 0.717) is 33.4 Å². The van der Waals surface area contributed by atoms with Gasteiger partial charge in [-0.15, -0.1) is 0 Å². The predicted molar refractivity (Wildman–Crippen MR) is 347 cm³/mol. The highest BCUT2D eigenvalue weighted by atomic mass is 16.4. The third kappa shape index (κ3) is 24.3. The predicted octanol–water partition coefficient (Wildman–Crippen LogP) is 18.4. The first-order valence-corrected chi connectivity index (χ1v) is 27.9. The molecule has 7 aromatic carbocycles. The van der Waals surface area contributed by atoms with Crippen molar-refractivity contribution in [1.82, 2.24) is 0 Å². The Bertz CT molecular complexity index is 2940. The number of carboxylic acid groups (broad SMARTS) is 6. The number of benzene rings is 7. The van der Waals surface area contributed by atoms with E-state index in [9.17, 15) is 59.4 Å². The summed E-state index contributed by atoms with van der Waals surface area (Å²) in [5.41, 5.74) is 13.2. The van der Waals surface area contributed by atoms with Gasteiger partial charge in [0.1, 0.15) is 0 Å². The zero-order valence-corrected chi connectivity index (χ0v) is 49.9. The van der Waals surface area contributed by atoms with E-state index in [1.165, 1.54) is 36.5 Å². The minimum atomic E-state index is -1.13. The SMILES string of the molecule is CC.CC.CC.CC.CC.CC.O=C(O)/C=C/c1cc(/C=C/C(=O)O)cc(-c2ccc(-c3cc(-c4ccc(-c5cc(/C=C/C(=O)O)cc(/C=C/C(=O)O)c5)cc4)cc(-c4ccc(-c5cc(/C=C/C(=O)O)cc(/C=C/C(=O)O)c5)cc4)c3)cc2)c1. The summed E-state index contributed by atoms with van der Waals surface area (Å²) < 4.78 is 0. The molecule has 0 bridgehead atoms. The van der Waals surface area contributed by atoms with Crippen LogP contribution in [0.5, 0.6) is 0 Å². The quantitative estimate of drug-likeness (QED) is 0.0442. The van der Waals surface area contributed by atoms with Crippen LogP contribution >= 0.6 is 0 Å². The van der Waals surface area contributed by atoms with Crippen LogP contribution in [0.2, 0.25) is 0 Å². The summed E-state index contributed by atoms with van der Waals surface area (Å²) in [5.74, 6) is -6.76. The third-order valence-electron chi connectivity index (χ3n) is 11.0. The maximum absolute atomic E-state index is 11.3. The van der Waals surface area contributed by atoms with Crippen molar-refractivity contribution in [3.63, 3.8) is 0 Å². The van der Waals surface area contributed by atoms with E-state index in [4.69, 9.17) is 0 Å². The Morgan fingerprint density at radius 2 is 0.321 bits per heavy atom. The van der Waals surface area contributed by atoms with Crippen LogP contribution in [0, 0.1) is 0 Å². The summed E-state index contributed by atoms with van der Waals surface area (Å²) in [6.45, 7) is 24.0. The van der Waals surface area contributed by atoms with Crippen LogP contribution in [0.25, 0.3) is 103 Å². The lowest BCUT2D eigenvalue weighted by Crippen LogP contribution is -1.90. The van der Waals surface area contributed by atoms with Gasteiger partial charge in [0.2, 0.25) is 0 Å². The molecule has 0 spiro atoms. The van der Waals surface area contributed by atoms with E-state index in [-0.39, 0.29) is 0 Å². The van der Waals surface area contributed by atoms with Crippen LogP contribution in [0.4, 0.5) is 0 Å². The molecule has 0 unspecified atom stereocenters. The molecule has 0 saturated heterocycles. The van der Waals surface area contributed by atoms with Gasteiger partial charge in [-0.1, -0.05) is 156 Å². The number of rotatable bonds is 18. The lowest BCUT2D eigenvalue weighted by molar-refractivity contribution is -0.132. The lowest BCUT2D eigenvalue weighted by Gasteiger charge is -2.14. The molecule has 0 saturated carbocycles. The second-order valence-electron chi connectivity index (χ2n) is 16.2. The van der Waals surface area contributed by atoms with Crippen LogP contribution < -0.4 is 0 Å². The molecule has 0 fully saturated rings. The second kappa shape index (κ2) is 39.2. The summed E-state index contributed by atoms with van der Waals surface area (Å²) in [7, 11) is 0. The Balaban J connectivity index is 0.00000276. The lowest BCUT2D eigenvalue weighted by atomic mass is 9.91. The number of aliphatic carboxylic acids is 6. The molecular weight excluding hydrogens is 1060 g/mol. The first-order valence-electron chi connectivity index (χ1n) is 27.9. The average molecular weight is 1140 g/mol. The summed E-state index contributed by atoms with van der Waals surface area (Å²) in [5, 5.41) is 55.6. The first kappa shape index (κ1) is 71.8. The Morgan fingerprint density at radius 1 is 0.202 bits per heavy atom. The molecule has 12 nitrogen and oxygen atoms in total. The van der Waals surface area contributed by atoms with Gasteiger partial charge in [0.05, 0.1) is 0 Å². The van der Waals surface area contributed by atoms with Gasteiger partial charge in [0, 0.05) is 36.5 Å². The van der Waals surface area contributed by atoms with Gasteiger partial charge in [0.25, 0.3) is 0 Å². The van der Waals surface area contributed by atoms with Crippen molar-refractivity contribution in [2.45, 2.75) is 83.1 Å². The van der Waals surface area contributed by atoms with Gasteiger partial charge < -0.3 is 30.6 Å². The standard InChI is InChI=1S/C60H42O12.6C2H6/c61-55(62)19-1-37-25-38(2-20-56(63)64)29-49(28-37)43-7-13-46(14-8-43)52-34-53(47-15-9-44(10-16-47)50-30-39(3-21-57(65)66)26-40(31-50)4-22-58(67)68)36-54(35-52)48-17-11-45(12-18-48)51-32-41(5-23-59(69)70)27-42(33-51)6-24-60(71)72;6*1-2/h1-36H,(H,61,62)(H,63,64)(H,65,66)(H,67,68)(H,69,70)(H,71,72);6*1-2H3/b19-1+,20-2+,21-3+,22-4+,23-5+,24-6+;;;;;;. The van der Waals surface area contributed by atoms with Crippen molar-refractivity contribution in [1.29, 1.82) is 0 Å². The molecule has 0 aliphatic rings. The summed E-state index contributed by atoms with van der Waals surface area (Å²) >= 11 is 0. The molecule has 0 aromatic heterocycles. The Kier molecular flexibility index (Phi) is 33.5. The molecule has 0 heterocycles.